The van der Waals surface area contributed by atoms with Gasteiger partial charge < -0.3 is 5.11 Å². The molecule has 0 bridgehead atoms. The zero-order valence-electron chi connectivity index (χ0n) is 10.1. The van der Waals surface area contributed by atoms with Gasteiger partial charge >= 0.3 is 5.97 Å². The van der Waals surface area contributed by atoms with E-state index in [2.05, 4.69) is 0 Å². The second kappa shape index (κ2) is 5.65. The summed E-state index contributed by atoms with van der Waals surface area (Å²) >= 11 is 0. The Morgan fingerprint density at radius 3 is 2.11 bits per heavy atom. The molecular weight excluding hydrogens is 238 g/mol. The number of nitriles is 1. The minimum Gasteiger partial charge on any atom is -0.478 e. The van der Waals surface area contributed by atoms with Crippen LogP contribution in [0.5, 0.6) is 0 Å². The van der Waals surface area contributed by atoms with Crippen LogP contribution in [0, 0.1) is 11.3 Å². The lowest BCUT2D eigenvalue weighted by Crippen LogP contribution is -1.91. The van der Waals surface area contributed by atoms with Crippen LogP contribution in [0.1, 0.15) is 5.56 Å². The summed E-state index contributed by atoms with van der Waals surface area (Å²) in [6, 6.07) is 19.0. The van der Waals surface area contributed by atoms with Crippen molar-refractivity contribution in [2.75, 3.05) is 0 Å². The summed E-state index contributed by atoms with van der Waals surface area (Å²) in [5, 5.41) is 17.6. The number of benzene rings is 2. The SMILES string of the molecule is N#CC(=CC(=O)O)c1ccc(-c2ccccc2)cc1. The first-order chi connectivity index (χ1) is 9.20. The molecule has 2 aromatic rings. The van der Waals surface area contributed by atoms with Crippen molar-refractivity contribution < 1.29 is 9.90 Å². The molecule has 0 spiro atoms. The Balaban J connectivity index is 2.34. The minimum atomic E-state index is -1.12. The van der Waals surface area contributed by atoms with Crippen molar-refractivity contribution in [3.05, 3.63) is 66.2 Å². The van der Waals surface area contributed by atoms with Crippen LogP contribution in [0.3, 0.4) is 0 Å². The fourth-order valence-electron chi connectivity index (χ4n) is 1.78. The van der Waals surface area contributed by atoms with Crippen molar-refractivity contribution in [3.8, 4) is 17.2 Å². The van der Waals surface area contributed by atoms with Crippen molar-refractivity contribution >= 4 is 11.5 Å². The third-order valence-electron chi connectivity index (χ3n) is 2.69. The van der Waals surface area contributed by atoms with Crippen LogP contribution in [0.15, 0.2) is 60.7 Å². The summed E-state index contributed by atoms with van der Waals surface area (Å²) in [5.41, 5.74) is 2.85. The number of allylic oxidation sites excluding steroid dienone is 1. The maximum Gasteiger partial charge on any atom is 0.329 e. The van der Waals surface area contributed by atoms with E-state index in [1.165, 1.54) is 0 Å². The van der Waals surface area contributed by atoms with Crippen LogP contribution < -0.4 is 0 Å². The van der Waals surface area contributed by atoms with Crippen molar-refractivity contribution in [1.82, 2.24) is 0 Å². The molecular formula is C16H11NO2. The summed E-state index contributed by atoms with van der Waals surface area (Å²) < 4.78 is 0. The normalized spacial score (nSPS) is 10.8. The third-order valence-corrected chi connectivity index (χ3v) is 2.69. The van der Waals surface area contributed by atoms with E-state index in [1.54, 1.807) is 12.1 Å². The largest absolute Gasteiger partial charge is 0.478 e. The Morgan fingerprint density at radius 2 is 1.58 bits per heavy atom. The summed E-state index contributed by atoms with van der Waals surface area (Å²) in [5.74, 6) is -1.12. The number of carboxylic acid groups (broad SMARTS) is 1. The van der Waals surface area contributed by atoms with Crippen LogP contribution in [0.25, 0.3) is 16.7 Å². The first-order valence-corrected chi connectivity index (χ1v) is 5.71. The Labute approximate surface area is 111 Å². The molecule has 0 aliphatic heterocycles. The van der Waals surface area contributed by atoms with Gasteiger partial charge in [-0.3, -0.25) is 0 Å². The highest BCUT2D eigenvalue weighted by Gasteiger charge is 2.04. The van der Waals surface area contributed by atoms with Gasteiger partial charge in [0.25, 0.3) is 0 Å². The lowest BCUT2D eigenvalue weighted by Gasteiger charge is -2.03. The van der Waals surface area contributed by atoms with Crippen LogP contribution >= 0.6 is 0 Å². The third kappa shape index (κ3) is 3.08. The Morgan fingerprint density at radius 1 is 1.00 bits per heavy atom. The molecule has 19 heavy (non-hydrogen) atoms. The van der Waals surface area contributed by atoms with Crippen LogP contribution in [-0.2, 0) is 4.79 Å². The first kappa shape index (κ1) is 12.6. The van der Waals surface area contributed by atoms with Gasteiger partial charge in [0.1, 0.15) is 6.07 Å². The number of carboxylic acids is 1. The monoisotopic (exact) mass is 249 g/mol. The molecule has 2 aromatic carbocycles. The highest BCUT2D eigenvalue weighted by Crippen LogP contribution is 2.22. The number of aliphatic carboxylic acids is 1. The van der Waals surface area contributed by atoms with Gasteiger partial charge in [-0.05, 0) is 16.7 Å². The maximum atomic E-state index is 10.6. The summed E-state index contributed by atoms with van der Waals surface area (Å²) in [4.78, 5) is 10.6. The van der Waals surface area contributed by atoms with Gasteiger partial charge in [-0.25, -0.2) is 4.79 Å². The van der Waals surface area contributed by atoms with Gasteiger partial charge in [0.15, 0.2) is 0 Å². The average molecular weight is 249 g/mol. The summed E-state index contributed by atoms with van der Waals surface area (Å²) in [7, 11) is 0. The number of hydrogen-bond donors (Lipinski definition) is 1. The Hall–Kier alpha value is -2.86. The number of nitrogens with zero attached hydrogens (tertiary/aromatic N) is 1. The number of carbonyl (C=O) groups is 1. The number of hydrogen-bond acceptors (Lipinski definition) is 2. The van der Waals surface area contributed by atoms with Gasteiger partial charge in [-0.15, -0.1) is 0 Å². The molecule has 3 nitrogen and oxygen atoms in total. The van der Waals surface area contributed by atoms with Crippen LogP contribution in [0.2, 0.25) is 0 Å². The topological polar surface area (TPSA) is 61.1 Å². The van der Waals surface area contributed by atoms with Gasteiger partial charge in [-0.2, -0.15) is 5.26 Å². The molecule has 0 amide bonds. The molecule has 0 atom stereocenters. The Kier molecular flexibility index (Phi) is 3.75. The fraction of sp³-hybridized carbons (Fsp3) is 0. The van der Waals surface area contributed by atoms with Gasteiger partial charge in [-0.1, -0.05) is 54.6 Å². The molecule has 0 heterocycles. The molecule has 2 rings (SSSR count). The molecule has 3 heteroatoms. The highest BCUT2D eigenvalue weighted by atomic mass is 16.4. The van der Waals surface area contributed by atoms with E-state index in [4.69, 9.17) is 10.4 Å². The predicted molar refractivity (Wildman–Crippen MR) is 73.1 cm³/mol. The molecule has 0 aliphatic carbocycles. The quantitative estimate of drug-likeness (QED) is 0.670. The standard InChI is InChI=1S/C16H11NO2/c17-11-15(10-16(18)19)14-8-6-13(7-9-14)12-4-2-1-3-5-12/h1-10H,(H,18,19). The zero-order chi connectivity index (χ0) is 13.7. The molecule has 92 valence electrons. The summed E-state index contributed by atoms with van der Waals surface area (Å²) in [6.07, 6.45) is 0.914. The highest BCUT2D eigenvalue weighted by molar-refractivity contribution is 5.94. The molecule has 0 aliphatic rings. The van der Waals surface area contributed by atoms with E-state index in [-0.39, 0.29) is 5.57 Å². The molecule has 0 unspecified atom stereocenters. The molecule has 0 radical (unpaired) electrons. The van der Waals surface area contributed by atoms with E-state index in [9.17, 15) is 4.79 Å². The fourth-order valence-corrected chi connectivity index (χ4v) is 1.78. The minimum absolute atomic E-state index is 0.145. The van der Waals surface area contributed by atoms with Crippen molar-refractivity contribution in [2.45, 2.75) is 0 Å². The number of rotatable bonds is 3. The second-order valence-electron chi connectivity index (χ2n) is 3.95. The van der Waals surface area contributed by atoms with E-state index in [1.807, 2.05) is 48.5 Å². The van der Waals surface area contributed by atoms with Gasteiger partial charge in [0, 0.05) is 6.08 Å². The van der Waals surface area contributed by atoms with Gasteiger partial charge in [0.05, 0.1) is 5.57 Å². The van der Waals surface area contributed by atoms with E-state index < -0.39 is 5.97 Å². The molecule has 0 saturated carbocycles. The zero-order valence-corrected chi connectivity index (χ0v) is 10.1. The Bertz CT molecular complexity index is 649. The molecule has 1 N–H and O–H groups in total. The van der Waals surface area contributed by atoms with E-state index in [0.29, 0.717) is 5.56 Å². The van der Waals surface area contributed by atoms with Crippen molar-refractivity contribution in [2.24, 2.45) is 0 Å². The first-order valence-electron chi connectivity index (χ1n) is 5.71. The lowest BCUT2D eigenvalue weighted by atomic mass is 10.0. The predicted octanol–water partition coefficient (Wildman–Crippen LogP) is 3.35. The summed E-state index contributed by atoms with van der Waals surface area (Å²) in [6.45, 7) is 0. The second-order valence-corrected chi connectivity index (χ2v) is 3.95. The molecule has 0 aromatic heterocycles. The van der Waals surface area contributed by atoms with Gasteiger partial charge in [0.2, 0.25) is 0 Å². The van der Waals surface area contributed by atoms with E-state index >= 15 is 0 Å². The lowest BCUT2D eigenvalue weighted by molar-refractivity contribution is -0.131. The molecule has 0 fully saturated rings. The van der Waals surface area contributed by atoms with Crippen LogP contribution in [-0.4, -0.2) is 11.1 Å². The van der Waals surface area contributed by atoms with Crippen molar-refractivity contribution in [3.63, 3.8) is 0 Å². The van der Waals surface area contributed by atoms with E-state index in [0.717, 1.165) is 17.2 Å². The average Bonchev–Trinajstić information content (AvgIpc) is 2.46. The maximum absolute atomic E-state index is 10.6. The van der Waals surface area contributed by atoms with Crippen molar-refractivity contribution in [1.29, 1.82) is 5.26 Å². The smallest absolute Gasteiger partial charge is 0.329 e. The molecule has 0 saturated heterocycles. The van der Waals surface area contributed by atoms with Crippen LogP contribution in [0.4, 0.5) is 0 Å².